The predicted molar refractivity (Wildman–Crippen MR) is 115 cm³/mol. The van der Waals surface area contributed by atoms with Crippen molar-refractivity contribution in [3.05, 3.63) is 47.5 Å². The number of nitrogens with one attached hydrogen (secondary N) is 1. The first kappa shape index (κ1) is 21.2. The molecule has 1 aliphatic heterocycles. The van der Waals surface area contributed by atoms with E-state index in [2.05, 4.69) is 15.2 Å². The summed E-state index contributed by atoms with van der Waals surface area (Å²) in [6.45, 7) is 6.60. The summed E-state index contributed by atoms with van der Waals surface area (Å²) in [6.07, 6.45) is 4.06. The normalized spacial score (nSPS) is 14.8. The molecule has 0 spiro atoms. The zero-order valence-electron chi connectivity index (χ0n) is 16.5. The van der Waals surface area contributed by atoms with Gasteiger partial charge in [-0.15, -0.1) is 11.3 Å². The molecule has 8 heteroatoms. The summed E-state index contributed by atoms with van der Waals surface area (Å²) < 4.78 is 5.33. The van der Waals surface area contributed by atoms with E-state index in [1.54, 1.807) is 11.0 Å². The number of thiazole rings is 1. The number of carbonyl (C=O) groups is 2. The Kier molecular flexibility index (Phi) is 7.92. The average Bonchev–Trinajstić information content (AvgIpc) is 3.19. The number of aromatic nitrogens is 1. The van der Waals surface area contributed by atoms with Crippen LogP contribution >= 0.6 is 11.3 Å². The fraction of sp³-hybridized carbons (Fsp3) is 0.381. The van der Waals surface area contributed by atoms with Crippen LogP contribution in [0.25, 0.3) is 6.08 Å². The molecule has 0 radical (unpaired) electrons. The highest BCUT2D eigenvalue weighted by atomic mass is 32.1. The summed E-state index contributed by atoms with van der Waals surface area (Å²) in [4.78, 5) is 32.5. The van der Waals surface area contributed by atoms with Gasteiger partial charge < -0.3 is 10.1 Å². The zero-order valence-corrected chi connectivity index (χ0v) is 17.4. The molecule has 2 amide bonds. The van der Waals surface area contributed by atoms with Crippen molar-refractivity contribution in [3.8, 4) is 0 Å². The van der Waals surface area contributed by atoms with Crippen LogP contribution in [-0.4, -0.2) is 61.1 Å². The second-order valence-corrected chi connectivity index (χ2v) is 7.51. The van der Waals surface area contributed by atoms with Crippen LogP contribution in [0.1, 0.15) is 19.0 Å². The Balaban J connectivity index is 1.49. The monoisotopic (exact) mass is 414 g/mol. The number of amides is 2. The lowest BCUT2D eigenvalue weighted by Crippen LogP contribution is -2.38. The highest BCUT2D eigenvalue weighted by molar-refractivity contribution is 7.14. The third kappa shape index (κ3) is 6.49. The second-order valence-electron chi connectivity index (χ2n) is 6.68. The summed E-state index contributed by atoms with van der Waals surface area (Å²) in [7, 11) is 0. The van der Waals surface area contributed by atoms with Gasteiger partial charge in [0.1, 0.15) is 0 Å². The van der Waals surface area contributed by atoms with Crippen LogP contribution in [0.3, 0.4) is 0 Å². The predicted octanol–water partition coefficient (Wildman–Crippen LogP) is 2.68. The largest absolute Gasteiger partial charge is 0.379 e. The standard InChI is InChI=1S/C21H26N4O3S/c1-17(26)25(19-6-3-2-4-7-19)21-23-18(16-29-21)8-9-20(27)22-10-5-11-24-12-14-28-15-13-24/h2-4,6-9,16H,5,10-15H2,1H3,(H,22,27)/b9-8+. The fourth-order valence-corrected chi connectivity index (χ4v) is 3.87. The zero-order chi connectivity index (χ0) is 20.5. The molecular weight excluding hydrogens is 388 g/mol. The molecule has 3 rings (SSSR count). The van der Waals surface area contributed by atoms with Crippen molar-refractivity contribution in [2.24, 2.45) is 0 Å². The molecule has 1 saturated heterocycles. The lowest BCUT2D eigenvalue weighted by atomic mass is 10.3. The number of anilines is 2. The van der Waals surface area contributed by atoms with Crippen LogP contribution in [0.4, 0.5) is 10.8 Å². The van der Waals surface area contributed by atoms with Gasteiger partial charge >= 0.3 is 0 Å². The summed E-state index contributed by atoms with van der Waals surface area (Å²) in [6, 6.07) is 9.38. The Labute approximate surface area is 175 Å². The molecule has 2 heterocycles. The molecule has 2 aromatic rings. The first-order valence-electron chi connectivity index (χ1n) is 9.71. The first-order chi connectivity index (χ1) is 14.1. The minimum absolute atomic E-state index is 0.112. The maximum atomic E-state index is 12.1. The average molecular weight is 415 g/mol. The van der Waals surface area contributed by atoms with Crippen molar-refractivity contribution in [1.82, 2.24) is 15.2 Å². The molecule has 1 aliphatic rings. The quantitative estimate of drug-likeness (QED) is 0.531. The van der Waals surface area contributed by atoms with Gasteiger partial charge in [-0.25, -0.2) is 4.98 Å². The number of hydrogen-bond acceptors (Lipinski definition) is 6. The maximum absolute atomic E-state index is 12.1. The van der Waals surface area contributed by atoms with Gasteiger partial charge in [0.15, 0.2) is 5.13 Å². The molecule has 1 aromatic heterocycles. The lowest BCUT2D eigenvalue weighted by molar-refractivity contribution is -0.117. The maximum Gasteiger partial charge on any atom is 0.244 e. The lowest BCUT2D eigenvalue weighted by Gasteiger charge is -2.26. The highest BCUT2D eigenvalue weighted by Crippen LogP contribution is 2.28. The van der Waals surface area contributed by atoms with E-state index in [0.717, 1.165) is 45.0 Å². The molecule has 0 bridgehead atoms. The van der Waals surface area contributed by atoms with Crippen molar-refractivity contribution in [1.29, 1.82) is 0 Å². The van der Waals surface area contributed by atoms with E-state index < -0.39 is 0 Å². The molecular formula is C21H26N4O3S. The van der Waals surface area contributed by atoms with E-state index in [0.29, 0.717) is 17.4 Å². The minimum Gasteiger partial charge on any atom is -0.379 e. The highest BCUT2D eigenvalue weighted by Gasteiger charge is 2.17. The van der Waals surface area contributed by atoms with E-state index in [1.165, 1.54) is 24.3 Å². The summed E-state index contributed by atoms with van der Waals surface area (Å²) >= 11 is 1.37. The van der Waals surface area contributed by atoms with Crippen LogP contribution in [0.15, 0.2) is 41.8 Å². The molecule has 1 aromatic carbocycles. The van der Waals surface area contributed by atoms with Crippen LogP contribution in [-0.2, 0) is 14.3 Å². The van der Waals surface area contributed by atoms with E-state index in [-0.39, 0.29) is 11.8 Å². The van der Waals surface area contributed by atoms with E-state index in [4.69, 9.17) is 4.74 Å². The number of ether oxygens (including phenoxy) is 1. The van der Waals surface area contributed by atoms with Crippen LogP contribution < -0.4 is 10.2 Å². The molecule has 1 fully saturated rings. The van der Waals surface area contributed by atoms with Crippen molar-refractivity contribution >= 4 is 40.0 Å². The summed E-state index contributed by atoms with van der Waals surface area (Å²) in [5.41, 5.74) is 1.42. The Hall–Kier alpha value is -2.55. The van der Waals surface area contributed by atoms with Gasteiger partial charge in [-0.05, 0) is 31.2 Å². The van der Waals surface area contributed by atoms with E-state index >= 15 is 0 Å². The molecule has 1 N–H and O–H groups in total. The van der Waals surface area contributed by atoms with Crippen LogP contribution in [0, 0.1) is 0 Å². The number of rotatable bonds is 8. The van der Waals surface area contributed by atoms with Gasteiger partial charge in [0.05, 0.1) is 24.6 Å². The molecule has 0 atom stereocenters. The summed E-state index contributed by atoms with van der Waals surface area (Å²) in [5, 5.41) is 5.30. The second kappa shape index (κ2) is 10.8. The van der Waals surface area contributed by atoms with Crippen molar-refractivity contribution in [2.45, 2.75) is 13.3 Å². The number of benzene rings is 1. The Bertz CT molecular complexity index is 831. The molecule has 29 heavy (non-hydrogen) atoms. The van der Waals surface area contributed by atoms with Crippen molar-refractivity contribution in [3.63, 3.8) is 0 Å². The van der Waals surface area contributed by atoms with E-state index in [1.807, 2.05) is 35.7 Å². The number of carbonyl (C=O) groups excluding carboxylic acids is 2. The Morgan fingerprint density at radius 1 is 1.28 bits per heavy atom. The van der Waals surface area contributed by atoms with Gasteiger partial charge in [0.2, 0.25) is 11.8 Å². The van der Waals surface area contributed by atoms with Gasteiger partial charge in [0.25, 0.3) is 0 Å². The molecule has 154 valence electrons. The third-order valence-electron chi connectivity index (χ3n) is 4.49. The smallest absolute Gasteiger partial charge is 0.244 e. The van der Waals surface area contributed by atoms with Crippen LogP contribution in [0.5, 0.6) is 0 Å². The Morgan fingerprint density at radius 3 is 2.76 bits per heavy atom. The van der Waals surface area contributed by atoms with Gasteiger partial charge in [0, 0.05) is 38.0 Å². The van der Waals surface area contributed by atoms with Gasteiger partial charge in [-0.3, -0.25) is 19.4 Å². The topological polar surface area (TPSA) is 74.8 Å². The third-order valence-corrected chi connectivity index (χ3v) is 5.33. The SMILES string of the molecule is CC(=O)N(c1ccccc1)c1nc(/C=C/C(=O)NCCCN2CCOCC2)cs1. The number of para-hydroxylation sites is 1. The van der Waals surface area contributed by atoms with Crippen LogP contribution in [0.2, 0.25) is 0 Å². The number of nitrogens with zero attached hydrogens (tertiary/aromatic N) is 3. The number of hydrogen-bond donors (Lipinski definition) is 1. The summed E-state index contributed by atoms with van der Waals surface area (Å²) in [5.74, 6) is -0.257. The molecule has 0 saturated carbocycles. The molecule has 7 nitrogen and oxygen atoms in total. The molecule has 0 unspecified atom stereocenters. The first-order valence-corrected chi connectivity index (χ1v) is 10.6. The van der Waals surface area contributed by atoms with Crippen molar-refractivity contribution in [2.75, 3.05) is 44.3 Å². The fourth-order valence-electron chi connectivity index (χ4n) is 3.02. The number of morpholine rings is 1. The Morgan fingerprint density at radius 2 is 2.03 bits per heavy atom. The van der Waals surface area contributed by atoms with E-state index in [9.17, 15) is 9.59 Å². The van der Waals surface area contributed by atoms with Gasteiger partial charge in [-0.2, -0.15) is 0 Å². The minimum atomic E-state index is -0.145. The van der Waals surface area contributed by atoms with Gasteiger partial charge in [-0.1, -0.05) is 18.2 Å². The molecule has 0 aliphatic carbocycles. The van der Waals surface area contributed by atoms with Crippen molar-refractivity contribution < 1.29 is 14.3 Å².